The summed E-state index contributed by atoms with van der Waals surface area (Å²) in [5, 5.41) is 5.52. The molecule has 0 spiro atoms. The molecule has 0 aliphatic carbocycles. The van der Waals surface area contributed by atoms with Crippen molar-refractivity contribution in [1.29, 1.82) is 0 Å². The lowest BCUT2D eigenvalue weighted by Crippen LogP contribution is -2.16. The van der Waals surface area contributed by atoms with Gasteiger partial charge >= 0.3 is 0 Å². The van der Waals surface area contributed by atoms with E-state index in [0.29, 0.717) is 0 Å². The molecule has 2 heterocycles. The minimum atomic E-state index is 0.902. The Labute approximate surface area is 104 Å². The first-order chi connectivity index (χ1) is 7.95. The summed E-state index contributed by atoms with van der Waals surface area (Å²) in [6.45, 7) is 1.93. The molecule has 1 N–H and O–H groups in total. The normalized spacial score (nSPS) is 10.5. The van der Waals surface area contributed by atoms with E-state index in [1.807, 2.05) is 24.0 Å². The van der Waals surface area contributed by atoms with E-state index in [0.717, 1.165) is 18.8 Å². The van der Waals surface area contributed by atoms with Gasteiger partial charge in [0.25, 0.3) is 0 Å². The van der Waals surface area contributed by atoms with Crippen LogP contribution in [-0.2, 0) is 6.54 Å². The van der Waals surface area contributed by atoms with E-state index in [1.54, 1.807) is 17.5 Å². The van der Waals surface area contributed by atoms with Crippen LogP contribution in [0.3, 0.4) is 0 Å². The summed E-state index contributed by atoms with van der Waals surface area (Å²) in [6, 6.07) is 8.32. The second kappa shape index (κ2) is 6.68. The Kier molecular flexibility index (Phi) is 4.86. The fraction of sp³-hybridized carbons (Fsp3) is 0.250. The molecule has 0 amide bonds. The van der Waals surface area contributed by atoms with Gasteiger partial charge in [-0.2, -0.15) is 0 Å². The first kappa shape index (κ1) is 11.6. The largest absolute Gasteiger partial charge is 0.312 e. The van der Waals surface area contributed by atoms with Gasteiger partial charge < -0.3 is 5.32 Å². The average Bonchev–Trinajstić information content (AvgIpc) is 2.83. The topological polar surface area (TPSA) is 24.9 Å². The Hall–Kier alpha value is -0.840. The molecule has 0 aliphatic rings. The number of nitrogens with one attached hydrogen (secondary N) is 1. The number of aromatic nitrogens is 1. The Bertz CT molecular complexity index is 387. The zero-order chi connectivity index (χ0) is 11.1. The molecule has 4 heteroatoms. The van der Waals surface area contributed by atoms with Crippen LogP contribution < -0.4 is 5.32 Å². The highest BCUT2D eigenvalue weighted by atomic mass is 32.2. The molecule has 0 saturated carbocycles. The van der Waals surface area contributed by atoms with Crippen LogP contribution >= 0.6 is 23.1 Å². The van der Waals surface area contributed by atoms with Crippen LogP contribution in [0.1, 0.15) is 5.56 Å². The third kappa shape index (κ3) is 3.96. The predicted molar refractivity (Wildman–Crippen MR) is 71.0 cm³/mol. The molecule has 0 radical (unpaired) electrons. The number of rotatable bonds is 6. The van der Waals surface area contributed by atoms with Crippen molar-refractivity contribution in [2.75, 3.05) is 12.3 Å². The zero-order valence-corrected chi connectivity index (χ0v) is 10.6. The summed E-state index contributed by atoms with van der Waals surface area (Å²) >= 11 is 3.71. The standard InChI is InChI=1S/C12H14N2S2/c1-3-11(9-13-5-1)10-14-6-8-16-12-4-2-7-15-12/h1-5,7,9,14H,6,8,10H2. The Morgan fingerprint density at radius 1 is 1.31 bits per heavy atom. The molecule has 0 aliphatic heterocycles. The second-order valence-electron chi connectivity index (χ2n) is 3.32. The van der Waals surface area contributed by atoms with Gasteiger partial charge in [-0.05, 0) is 23.1 Å². The van der Waals surface area contributed by atoms with Gasteiger partial charge in [-0.1, -0.05) is 12.1 Å². The number of pyridine rings is 1. The van der Waals surface area contributed by atoms with E-state index >= 15 is 0 Å². The van der Waals surface area contributed by atoms with Crippen molar-refractivity contribution in [2.45, 2.75) is 10.8 Å². The van der Waals surface area contributed by atoms with Crippen molar-refractivity contribution in [3.8, 4) is 0 Å². The minimum Gasteiger partial charge on any atom is -0.312 e. The molecule has 0 atom stereocenters. The van der Waals surface area contributed by atoms with Crippen molar-refractivity contribution >= 4 is 23.1 Å². The van der Waals surface area contributed by atoms with E-state index in [-0.39, 0.29) is 0 Å². The van der Waals surface area contributed by atoms with Crippen LogP contribution in [0.2, 0.25) is 0 Å². The van der Waals surface area contributed by atoms with Gasteiger partial charge in [-0.25, -0.2) is 0 Å². The first-order valence-corrected chi connectivity index (χ1v) is 7.07. The van der Waals surface area contributed by atoms with E-state index < -0.39 is 0 Å². The molecular formula is C12H14N2S2. The molecule has 2 rings (SSSR count). The monoisotopic (exact) mass is 250 g/mol. The van der Waals surface area contributed by atoms with Gasteiger partial charge in [0.2, 0.25) is 0 Å². The number of thioether (sulfide) groups is 1. The maximum Gasteiger partial charge on any atom is 0.0598 e. The number of nitrogens with zero attached hydrogens (tertiary/aromatic N) is 1. The third-order valence-electron chi connectivity index (χ3n) is 2.07. The van der Waals surface area contributed by atoms with Crippen molar-refractivity contribution in [3.63, 3.8) is 0 Å². The van der Waals surface area contributed by atoms with Crippen LogP contribution in [0.25, 0.3) is 0 Å². The molecule has 0 fully saturated rings. The highest BCUT2D eigenvalue weighted by Gasteiger charge is 1.94. The van der Waals surface area contributed by atoms with Crippen LogP contribution in [0, 0.1) is 0 Å². The Balaban J connectivity index is 1.59. The molecule has 84 valence electrons. The van der Waals surface area contributed by atoms with E-state index in [2.05, 4.69) is 33.9 Å². The summed E-state index contributed by atoms with van der Waals surface area (Å²) in [4.78, 5) is 4.08. The van der Waals surface area contributed by atoms with Crippen molar-refractivity contribution in [2.24, 2.45) is 0 Å². The first-order valence-electron chi connectivity index (χ1n) is 5.21. The quantitative estimate of drug-likeness (QED) is 0.630. The fourth-order valence-electron chi connectivity index (χ4n) is 1.30. The van der Waals surface area contributed by atoms with Crippen LogP contribution in [0.5, 0.6) is 0 Å². The maximum atomic E-state index is 4.08. The van der Waals surface area contributed by atoms with Gasteiger partial charge in [0.15, 0.2) is 0 Å². The summed E-state index contributed by atoms with van der Waals surface area (Å²) in [5.41, 5.74) is 1.24. The van der Waals surface area contributed by atoms with E-state index in [9.17, 15) is 0 Å². The Morgan fingerprint density at radius 2 is 2.31 bits per heavy atom. The molecule has 16 heavy (non-hydrogen) atoms. The Morgan fingerprint density at radius 3 is 3.06 bits per heavy atom. The van der Waals surface area contributed by atoms with Gasteiger partial charge in [0.05, 0.1) is 4.21 Å². The van der Waals surface area contributed by atoms with Gasteiger partial charge in [0.1, 0.15) is 0 Å². The molecule has 0 aromatic carbocycles. The summed E-state index contributed by atoms with van der Waals surface area (Å²) < 4.78 is 1.39. The van der Waals surface area contributed by atoms with Crippen LogP contribution in [0.4, 0.5) is 0 Å². The zero-order valence-electron chi connectivity index (χ0n) is 8.93. The average molecular weight is 250 g/mol. The van der Waals surface area contributed by atoms with Crippen LogP contribution in [-0.4, -0.2) is 17.3 Å². The smallest absolute Gasteiger partial charge is 0.0598 e. The lowest BCUT2D eigenvalue weighted by molar-refractivity contribution is 0.729. The molecular weight excluding hydrogens is 236 g/mol. The molecule has 0 bridgehead atoms. The molecule has 2 aromatic rings. The molecule has 0 unspecified atom stereocenters. The van der Waals surface area contributed by atoms with Gasteiger partial charge in [-0.15, -0.1) is 23.1 Å². The molecule has 2 nitrogen and oxygen atoms in total. The molecule has 2 aromatic heterocycles. The summed E-state index contributed by atoms with van der Waals surface area (Å²) in [7, 11) is 0. The van der Waals surface area contributed by atoms with Gasteiger partial charge in [0, 0.05) is 31.2 Å². The number of hydrogen-bond donors (Lipinski definition) is 1. The van der Waals surface area contributed by atoms with Crippen molar-refractivity contribution in [1.82, 2.24) is 10.3 Å². The summed E-state index contributed by atoms with van der Waals surface area (Å²) in [5.74, 6) is 1.11. The predicted octanol–water partition coefficient (Wildman–Crippen LogP) is 3.03. The summed E-state index contributed by atoms with van der Waals surface area (Å²) in [6.07, 6.45) is 3.70. The highest BCUT2D eigenvalue weighted by molar-refractivity contribution is 8.01. The third-order valence-corrected chi connectivity index (χ3v) is 4.20. The SMILES string of the molecule is c1cncc(CNCCSc2cccs2)c1. The highest BCUT2D eigenvalue weighted by Crippen LogP contribution is 2.22. The number of thiophene rings is 1. The maximum absolute atomic E-state index is 4.08. The van der Waals surface area contributed by atoms with E-state index in [4.69, 9.17) is 0 Å². The fourth-order valence-corrected chi connectivity index (χ4v) is 3.06. The van der Waals surface area contributed by atoms with Crippen molar-refractivity contribution < 1.29 is 0 Å². The lowest BCUT2D eigenvalue weighted by atomic mass is 10.3. The van der Waals surface area contributed by atoms with Crippen LogP contribution in [0.15, 0.2) is 46.2 Å². The molecule has 0 saturated heterocycles. The minimum absolute atomic E-state index is 0.902. The lowest BCUT2D eigenvalue weighted by Gasteiger charge is -2.03. The van der Waals surface area contributed by atoms with E-state index in [1.165, 1.54) is 9.77 Å². The second-order valence-corrected chi connectivity index (χ2v) is 5.66. The van der Waals surface area contributed by atoms with Crippen molar-refractivity contribution in [3.05, 3.63) is 47.6 Å². The van der Waals surface area contributed by atoms with Gasteiger partial charge in [-0.3, -0.25) is 4.98 Å². The number of hydrogen-bond acceptors (Lipinski definition) is 4.